The average molecular weight is 618 g/mol. The molecule has 0 radical (unpaired) electrons. The molecule has 0 aliphatic carbocycles. The lowest BCUT2D eigenvalue weighted by molar-refractivity contribution is 0.442. The number of fused-ring (bicyclic) bond motifs is 7. The first-order chi connectivity index (χ1) is 23.4. The number of hydrogen-bond acceptors (Lipinski definition) is 4. The van der Waals surface area contributed by atoms with E-state index in [4.69, 9.17) is 4.42 Å². The van der Waals surface area contributed by atoms with Crippen molar-refractivity contribution in [2.24, 2.45) is 0 Å². The van der Waals surface area contributed by atoms with Crippen LogP contribution in [0.2, 0.25) is 0 Å². The Labute approximate surface area is 277 Å². The molecule has 9 aromatic rings. The molecule has 0 fully saturated rings. The Kier molecular flexibility index (Phi) is 6.12. The minimum absolute atomic E-state index is 0.1000. The van der Waals surface area contributed by atoms with Gasteiger partial charge in [-0.1, -0.05) is 109 Å². The third kappa shape index (κ3) is 3.99. The molecule has 8 aromatic carbocycles. The highest BCUT2D eigenvalue weighted by Crippen LogP contribution is 2.46. The zero-order valence-corrected chi connectivity index (χ0v) is 26.4. The molecule has 0 aliphatic rings. The molecule has 0 bridgehead atoms. The molecular weight excluding hydrogens is 590 g/mol. The SMILES string of the molecule is Bc1c(O)c(B)c(O)c(-c2ccc(-c3c4ccccc4c(-c4ccc5oc6c7ccccc7ccc6c5c4)c4ccccc34)cc2)c1O. The van der Waals surface area contributed by atoms with Crippen LogP contribution in [0.3, 0.4) is 0 Å². The van der Waals surface area contributed by atoms with Crippen LogP contribution in [0.5, 0.6) is 17.2 Å². The summed E-state index contributed by atoms with van der Waals surface area (Å²) in [6.07, 6.45) is 0. The van der Waals surface area contributed by atoms with Crippen LogP contribution < -0.4 is 10.9 Å². The van der Waals surface area contributed by atoms with Gasteiger partial charge in [-0.15, -0.1) is 0 Å². The Morgan fingerprint density at radius 3 is 1.46 bits per heavy atom. The number of benzene rings is 8. The maximum atomic E-state index is 10.9. The second-order valence-corrected chi connectivity index (χ2v) is 12.6. The van der Waals surface area contributed by atoms with Crippen molar-refractivity contribution < 1.29 is 19.7 Å². The quantitative estimate of drug-likeness (QED) is 0.140. The van der Waals surface area contributed by atoms with Gasteiger partial charge in [0.05, 0.1) is 5.56 Å². The first-order valence-electron chi connectivity index (χ1n) is 16.0. The zero-order chi connectivity index (χ0) is 32.7. The van der Waals surface area contributed by atoms with Gasteiger partial charge in [-0.2, -0.15) is 0 Å². The summed E-state index contributed by atoms with van der Waals surface area (Å²) >= 11 is 0. The van der Waals surface area contributed by atoms with Gasteiger partial charge in [-0.05, 0) is 83.9 Å². The van der Waals surface area contributed by atoms with Gasteiger partial charge >= 0.3 is 0 Å². The van der Waals surface area contributed by atoms with Gasteiger partial charge in [0.2, 0.25) is 0 Å². The molecule has 4 nitrogen and oxygen atoms in total. The number of hydrogen-bond donors (Lipinski definition) is 3. The molecule has 0 spiro atoms. The first-order valence-corrected chi connectivity index (χ1v) is 16.0. The molecule has 226 valence electrons. The van der Waals surface area contributed by atoms with E-state index >= 15 is 0 Å². The summed E-state index contributed by atoms with van der Waals surface area (Å²) in [7, 11) is 3.28. The fourth-order valence-electron chi connectivity index (χ4n) is 7.48. The zero-order valence-electron chi connectivity index (χ0n) is 26.4. The van der Waals surface area contributed by atoms with Gasteiger partial charge in [0.25, 0.3) is 0 Å². The summed E-state index contributed by atoms with van der Waals surface area (Å²) in [6.45, 7) is 0. The minimum Gasteiger partial charge on any atom is -0.509 e. The van der Waals surface area contributed by atoms with E-state index in [1.54, 1.807) is 15.7 Å². The maximum absolute atomic E-state index is 10.9. The highest BCUT2D eigenvalue weighted by Gasteiger charge is 2.21. The highest BCUT2D eigenvalue weighted by molar-refractivity contribution is 6.44. The van der Waals surface area contributed by atoms with Crippen LogP contribution in [-0.2, 0) is 0 Å². The minimum atomic E-state index is -0.126. The molecule has 9 rings (SSSR count). The van der Waals surface area contributed by atoms with Crippen LogP contribution in [0.1, 0.15) is 0 Å². The molecule has 6 heteroatoms. The van der Waals surface area contributed by atoms with Crippen LogP contribution in [-0.4, -0.2) is 31.0 Å². The van der Waals surface area contributed by atoms with Crippen molar-refractivity contribution in [1.29, 1.82) is 0 Å². The molecule has 0 amide bonds. The van der Waals surface area contributed by atoms with Crippen LogP contribution in [0.4, 0.5) is 0 Å². The third-order valence-electron chi connectivity index (χ3n) is 9.94. The number of furan rings is 1. The average Bonchev–Trinajstić information content (AvgIpc) is 3.51. The van der Waals surface area contributed by atoms with E-state index in [2.05, 4.69) is 103 Å². The molecule has 0 atom stereocenters. The van der Waals surface area contributed by atoms with Gasteiger partial charge in [-0.3, -0.25) is 0 Å². The fourth-order valence-corrected chi connectivity index (χ4v) is 7.48. The lowest BCUT2D eigenvalue weighted by atomic mass is 9.80. The third-order valence-corrected chi connectivity index (χ3v) is 9.94. The van der Waals surface area contributed by atoms with Gasteiger partial charge in [0.15, 0.2) is 0 Å². The summed E-state index contributed by atoms with van der Waals surface area (Å²) in [5.74, 6) is -0.352. The lowest BCUT2D eigenvalue weighted by Crippen LogP contribution is -2.17. The normalized spacial score (nSPS) is 11.8. The summed E-state index contributed by atoms with van der Waals surface area (Å²) in [5, 5.41) is 41.1. The van der Waals surface area contributed by atoms with Crippen molar-refractivity contribution in [3.05, 3.63) is 127 Å². The summed E-state index contributed by atoms with van der Waals surface area (Å²) in [4.78, 5) is 0. The lowest BCUT2D eigenvalue weighted by Gasteiger charge is -2.18. The Balaban J connectivity index is 1.26. The number of phenols is 3. The van der Waals surface area contributed by atoms with E-state index in [1.165, 1.54) is 5.56 Å². The van der Waals surface area contributed by atoms with E-state index in [-0.39, 0.29) is 17.2 Å². The predicted octanol–water partition coefficient (Wildman–Crippen LogP) is 7.68. The molecular formula is C42H28B2O4. The molecule has 0 saturated heterocycles. The van der Waals surface area contributed by atoms with E-state index in [0.717, 1.165) is 70.9 Å². The van der Waals surface area contributed by atoms with Gasteiger partial charge < -0.3 is 19.7 Å². The number of rotatable bonds is 3. The predicted molar refractivity (Wildman–Crippen MR) is 204 cm³/mol. The Bertz CT molecular complexity index is 2690. The van der Waals surface area contributed by atoms with Crippen molar-refractivity contribution >= 4 is 80.9 Å². The molecule has 0 saturated carbocycles. The number of aromatic hydroxyl groups is 3. The van der Waals surface area contributed by atoms with Crippen molar-refractivity contribution in [2.45, 2.75) is 0 Å². The largest absolute Gasteiger partial charge is 0.509 e. The van der Waals surface area contributed by atoms with E-state index in [1.807, 2.05) is 24.3 Å². The summed E-state index contributed by atoms with van der Waals surface area (Å²) in [5.41, 5.74) is 7.86. The van der Waals surface area contributed by atoms with Crippen molar-refractivity contribution in [3.63, 3.8) is 0 Å². The smallest absolute Gasteiger partial charge is 0.149 e. The summed E-state index contributed by atoms with van der Waals surface area (Å²) < 4.78 is 6.44. The first kappa shape index (κ1) is 28.1. The van der Waals surface area contributed by atoms with E-state index in [9.17, 15) is 15.3 Å². The second-order valence-electron chi connectivity index (χ2n) is 12.6. The second kappa shape index (κ2) is 10.4. The Morgan fingerprint density at radius 1 is 0.396 bits per heavy atom. The van der Waals surface area contributed by atoms with E-state index < -0.39 is 0 Å². The molecule has 48 heavy (non-hydrogen) atoms. The monoisotopic (exact) mass is 618 g/mol. The Hall–Kier alpha value is -6.13. The molecule has 0 unspecified atom stereocenters. The van der Waals surface area contributed by atoms with Crippen molar-refractivity contribution in [2.75, 3.05) is 0 Å². The van der Waals surface area contributed by atoms with Gasteiger partial charge in [0, 0.05) is 16.2 Å². The van der Waals surface area contributed by atoms with E-state index in [0.29, 0.717) is 22.1 Å². The Morgan fingerprint density at radius 2 is 0.875 bits per heavy atom. The standard InChI is InChI=1S/C42H28B2O4/c43-37-39(45)36(40(46)38(44)41(37)47)24-15-13-23(14-16-24)34-27-9-3-5-11-29(27)35(30-12-6-4-10-28(30)34)25-18-20-33-32(21-25)31-19-17-22-7-1-2-8-26(22)42(31)48-33/h1-21,45-47H,43-44H2. The van der Waals surface area contributed by atoms with Crippen LogP contribution >= 0.6 is 0 Å². The number of phenolic OH excluding ortho intramolecular Hbond substituents is 3. The van der Waals surface area contributed by atoms with Crippen LogP contribution in [0, 0.1) is 0 Å². The fraction of sp³-hybridized carbons (Fsp3) is 0. The van der Waals surface area contributed by atoms with Crippen molar-refractivity contribution in [1.82, 2.24) is 0 Å². The van der Waals surface area contributed by atoms with Gasteiger partial charge in [-0.25, -0.2) is 0 Å². The molecule has 0 aliphatic heterocycles. The topological polar surface area (TPSA) is 73.8 Å². The van der Waals surface area contributed by atoms with Crippen LogP contribution in [0.15, 0.2) is 132 Å². The molecule has 3 N–H and O–H groups in total. The molecule has 1 aromatic heterocycles. The molecule has 1 heterocycles. The summed E-state index contributed by atoms with van der Waals surface area (Å²) in [6, 6.07) is 44.2. The maximum Gasteiger partial charge on any atom is 0.149 e. The van der Waals surface area contributed by atoms with Crippen LogP contribution in [0.25, 0.3) is 87.6 Å². The van der Waals surface area contributed by atoms with Crippen molar-refractivity contribution in [3.8, 4) is 50.6 Å². The highest BCUT2D eigenvalue weighted by atomic mass is 16.3. The van der Waals surface area contributed by atoms with Gasteiger partial charge in [0.1, 0.15) is 44.1 Å².